The van der Waals surface area contributed by atoms with Crippen molar-refractivity contribution in [2.45, 2.75) is 6.10 Å². The van der Waals surface area contributed by atoms with Gasteiger partial charge in [0.25, 0.3) is 11.8 Å². The first kappa shape index (κ1) is 17.9. The summed E-state index contributed by atoms with van der Waals surface area (Å²) >= 11 is 0. The number of carbonyl (C=O) groups excluding carboxylic acids is 2. The van der Waals surface area contributed by atoms with Crippen LogP contribution in [0.25, 0.3) is 0 Å². The van der Waals surface area contributed by atoms with Gasteiger partial charge >= 0.3 is 0 Å². The molecule has 5 heteroatoms. The molecule has 1 saturated heterocycles. The fraction of sp³-hybridized carbons (Fsp3) is 0.130. The number of anilines is 1. The summed E-state index contributed by atoms with van der Waals surface area (Å²) in [7, 11) is 0. The van der Waals surface area contributed by atoms with E-state index in [1.165, 1.54) is 4.90 Å². The summed E-state index contributed by atoms with van der Waals surface area (Å²) in [6.45, 7) is 1.15. The molecule has 1 aliphatic heterocycles. The number of carbonyl (C=O) groups is 2. The van der Waals surface area contributed by atoms with Crippen LogP contribution < -0.4 is 9.64 Å². The van der Waals surface area contributed by atoms with E-state index in [1.807, 2.05) is 12.1 Å². The standard InChI is InChI=1S/C23H19NO4/c25-22(17-8-3-1-4-9-17)24(23(26)18-10-5-2-6-11-18)19-12-7-13-20(14-19)27-15-21-16-28-21/h1-14,21H,15-16H2. The first-order chi connectivity index (χ1) is 13.7. The molecule has 0 aliphatic carbocycles. The maximum absolute atomic E-state index is 13.2. The van der Waals surface area contributed by atoms with E-state index in [1.54, 1.807) is 72.8 Å². The Kier molecular flexibility index (Phi) is 5.17. The molecule has 140 valence electrons. The molecule has 1 atom stereocenters. The zero-order valence-electron chi connectivity index (χ0n) is 15.2. The fourth-order valence-electron chi connectivity index (χ4n) is 2.81. The van der Waals surface area contributed by atoms with Gasteiger partial charge in [-0.2, -0.15) is 0 Å². The minimum atomic E-state index is -0.392. The van der Waals surface area contributed by atoms with Gasteiger partial charge in [-0.05, 0) is 36.4 Å². The predicted octanol–water partition coefficient (Wildman–Crippen LogP) is 3.95. The summed E-state index contributed by atoms with van der Waals surface area (Å²) < 4.78 is 10.9. The number of hydrogen-bond acceptors (Lipinski definition) is 4. The van der Waals surface area contributed by atoms with Crippen molar-refractivity contribution in [2.24, 2.45) is 0 Å². The number of amides is 2. The third-order valence-corrected chi connectivity index (χ3v) is 4.36. The van der Waals surface area contributed by atoms with Gasteiger partial charge in [-0.25, -0.2) is 4.90 Å². The molecule has 0 spiro atoms. The van der Waals surface area contributed by atoms with Crippen LogP contribution in [0.4, 0.5) is 5.69 Å². The lowest BCUT2D eigenvalue weighted by atomic mass is 10.1. The first-order valence-electron chi connectivity index (χ1n) is 9.06. The van der Waals surface area contributed by atoms with E-state index >= 15 is 0 Å². The Morgan fingerprint density at radius 1 is 0.857 bits per heavy atom. The van der Waals surface area contributed by atoms with Gasteiger partial charge < -0.3 is 9.47 Å². The zero-order chi connectivity index (χ0) is 19.3. The van der Waals surface area contributed by atoms with Gasteiger partial charge in [0.2, 0.25) is 0 Å². The number of ether oxygens (including phenoxy) is 2. The highest BCUT2D eigenvalue weighted by molar-refractivity contribution is 6.25. The first-order valence-corrected chi connectivity index (χ1v) is 9.06. The van der Waals surface area contributed by atoms with Crippen molar-refractivity contribution in [3.63, 3.8) is 0 Å². The molecule has 3 aromatic carbocycles. The van der Waals surface area contributed by atoms with E-state index in [0.29, 0.717) is 35.8 Å². The van der Waals surface area contributed by atoms with Gasteiger partial charge in [0.15, 0.2) is 0 Å². The molecule has 28 heavy (non-hydrogen) atoms. The third-order valence-electron chi connectivity index (χ3n) is 4.36. The van der Waals surface area contributed by atoms with Crippen molar-refractivity contribution in [1.29, 1.82) is 0 Å². The minimum absolute atomic E-state index is 0.122. The maximum Gasteiger partial charge on any atom is 0.265 e. The summed E-state index contributed by atoms with van der Waals surface area (Å²) in [5.41, 5.74) is 1.32. The molecular formula is C23H19NO4. The Morgan fingerprint density at radius 3 is 1.96 bits per heavy atom. The highest BCUT2D eigenvalue weighted by Gasteiger charge is 2.27. The average molecular weight is 373 g/mol. The van der Waals surface area contributed by atoms with Crippen molar-refractivity contribution in [3.8, 4) is 5.75 Å². The highest BCUT2D eigenvalue weighted by atomic mass is 16.6. The van der Waals surface area contributed by atoms with Gasteiger partial charge in [-0.3, -0.25) is 9.59 Å². The number of epoxide rings is 1. The largest absolute Gasteiger partial charge is 0.491 e. The van der Waals surface area contributed by atoms with E-state index in [2.05, 4.69) is 0 Å². The predicted molar refractivity (Wildman–Crippen MR) is 106 cm³/mol. The lowest BCUT2D eigenvalue weighted by Crippen LogP contribution is -2.37. The maximum atomic E-state index is 13.2. The summed E-state index contributed by atoms with van der Waals surface area (Å²) in [6, 6.07) is 24.5. The summed E-state index contributed by atoms with van der Waals surface area (Å²) in [5, 5.41) is 0. The normalized spacial score (nSPS) is 14.9. The summed E-state index contributed by atoms with van der Waals surface area (Å²) in [6.07, 6.45) is 0.122. The van der Waals surface area contributed by atoms with Crippen molar-refractivity contribution in [2.75, 3.05) is 18.1 Å². The van der Waals surface area contributed by atoms with Crippen molar-refractivity contribution in [1.82, 2.24) is 0 Å². The highest BCUT2D eigenvalue weighted by Crippen LogP contribution is 2.25. The molecule has 0 N–H and O–H groups in total. The monoisotopic (exact) mass is 373 g/mol. The molecule has 2 amide bonds. The Morgan fingerprint density at radius 2 is 1.43 bits per heavy atom. The molecule has 1 fully saturated rings. The van der Waals surface area contributed by atoms with E-state index in [0.717, 1.165) is 0 Å². The van der Waals surface area contributed by atoms with Crippen molar-refractivity contribution < 1.29 is 19.1 Å². The van der Waals surface area contributed by atoms with E-state index in [4.69, 9.17) is 9.47 Å². The van der Waals surface area contributed by atoms with Gasteiger partial charge in [-0.1, -0.05) is 42.5 Å². The van der Waals surface area contributed by atoms with Gasteiger partial charge in [0, 0.05) is 17.2 Å². The van der Waals surface area contributed by atoms with Crippen molar-refractivity contribution >= 4 is 17.5 Å². The van der Waals surface area contributed by atoms with Crippen LogP contribution in [0.2, 0.25) is 0 Å². The molecular weight excluding hydrogens is 354 g/mol. The molecule has 0 aromatic heterocycles. The van der Waals surface area contributed by atoms with E-state index in [9.17, 15) is 9.59 Å². The van der Waals surface area contributed by atoms with Gasteiger partial charge in [-0.15, -0.1) is 0 Å². The molecule has 0 saturated carbocycles. The van der Waals surface area contributed by atoms with E-state index in [-0.39, 0.29) is 6.10 Å². The number of imide groups is 1. The number of nitrogens with zero attached hydrogens (tertiary/aromatic N) is 1. The topological polar surface area (TPSA) is 59.1 Å². The molecule has 1 heterocycles. The average Bonchev–Trinajstić information content (AvgIpc) is 3.58. The SMILES string of the molecule is O=C(c1ccccc1)N(C(=O)c1ccccc1)c1cccc(OCC2CO2)c1. The quantitative estimate of drug-likeness (QED) is 0.485. The molecule has 3 aromatic rings. The number of hydrogen-bond donors (Lipinski definition) is 0. The van der Waals surface area contributed by atoms with Crippen LogP contribution in [0.5, 0.6) is 5.75 Å². The number of benzene rings is 3. The molecule has 4 rings (SSSR count). The van der Waals surface area contributed by atoms with Crippen molar-refractivity contribution in [3.05, 3.63) is 96.1 Å². The smallest absolute Gasteiger partial charge is 0.265 e. The minimum Gasteiger partial charge on any atom is -0.491 e. The summed E-state index contributed by atoms with van der Waals surface area (Å²) in [4.78, 5) is 27.6. The molecule has 1 aliphatic rings. The van der Waals surface area contributed by atoms with Crippen LogP contribution in [0.1, 0.15) is 20.7 Å². The second kappa shape index (κ2) is 8.06. The lowest BCUT2D eigenvalue weighted by Gasteiger charge is -2.22. The molecule has 0 bridgehead atoms. The second-order valence-corrected chi connectivity index (χ2v) is 6.44. The Hall–Kier alpha value is -3.44. The summed E-state index contributed by atoms with van der Waals surface area (Å²) in [5.74, 6) is -0.200. The molecule has 0 radical (unpaired) electrons. The molecule has 5 nitrogen and oxygen atoms in total. The van der Waals surface area contributed by atoms with Crippen LogP contribution in [0, 0.1) is 0 Å². The van der Waals surface area contributed by atoms with Crippen LogP contribution in [0.3, 0.4) is 0 Å². The zero-order valence-corrected chi connectivity index (χ0v) is 15.2. The van der Waals surface area contributed by atoms with Crippen LogP contribution in [-0.4, -0.2) is 31.1 Å². The fourth-order valence-corrected chi connectivity index (χ4v) is 2.81. The van der Waals surface area contributed by atoms with Crippen LogP contribution in [-0.2, 0) is 4.74 Å². The number of rotatable bonds is 6. The molecule has 1 unspecified atom stereocenters. The van der Waals surface area contributed by atoms with Crippen LogP contribution in [0.15, 0.2) is 84.9 Å². The van der Waals surface area contributed by atoms with E-state index < -0.39 is 11.8 Å². The Balaban J connectivity index is 1.69. The third kappa shape index (κ3) is 4.10. The van der Waals surface area contributed by atoms with Gasteiger partial charge in [0.1, 0.15) is 18.5 Å². The van der Waals surface area contributed by atoms with Crippen LogP contribution >= 0.6 is 0 Å². The van der Waals surface area contributed by atoms with Gasteiger partial charge in [0.05, 0.1) is 12.3 Å². The Labute approximate surface area is 163 Å². The second-order valence-electron chi connectivity index (χ2n) is 6.44. The Bertz CT molecular complexity index is 917. The lowest BCUT2D eigenvalue weighted by molar-refractivity contribution is 0.0897.